The molecule has 3 heterocycles. The normalized spacial score (nSPS) is 23.1. The first kappa shape index (κ1) is 10.4. The van der Waals surface area contributed by atoms with Gasteiger partial charge in [-0.3, -0.25) is 9.88 Å². The summed E-state index contributed by atoms with van der Waals surface area (Å²) in [6.45, 7) is 4.74. The Labute approximate surface area is 100 Å². The van der Waals surface area contributed by atoms with Crippen LogP contribution in [0.25, 0.3) is 0 Å². The van der Waals surface area contributed by atoms with E-state index < -0.39 is 0 Å². The molecule has 2 saturated heterocycles. The average molecular weight is 236 g/mol. The Morgan fingerprint density at radius 3 is 2.69 bits per heavy atom. The summed E-state index contributed by atoms with van der Waals surface area (Å²) >= 11 is 2.07. The maximum absolute atomic E-state index is 4.32. The zero-order chi connectivity index (χ0) is 10.8. The van der Waals surface area contributed by atoms with E-state index in [1.807, 2.05) is 6.20 Å². The predicted octanol–water partition coefficient (Wildman–Crippen LogP) is 0.714. The average Bonchev–Trinajstić information content (AvgIpc) is 2.30. The topological polar surface area (TPSA) is 32.3 Å². The summed E-state index contributed by atoms with van der Waals surface area (Å²) in [6.07, 6.45) is 5.34. The lowest BCUT2D eigenvalue weighted by Crippen LogP contribution is -2.61. The van der Waals surface area contributed by atoms with Crippen LogP contribution in [0.15, 0.2) is 18.6 Å². The molecule has 1 aromatic rings. The van der Waals surface area contributed by atoms with Gasteiger partial charge in [0, 0.05) is 56.1 Å². The van der Waals surface area contributed by atoms with Gasteiger partial charge in [-0.1, -0.05) is 0 Å². The number of hydrogen-bond donors (Lipinski definition) is 0. The van der Waals surface area contributed by atoms with E-state index >= 15 is 0 Å². The molecule has 0 unspecified atom stereocenters. The first-order valence-corrected chi connectivity index (χ1v) is 6.92. The highest BCUT2D eigenvalue weighted by Crippen LogP contribution is 2.22. The number of hydrogen-bond acceptors (Lipinski definition) is 5. The summed E-state index contributed by atoms with van der Waals surface area (Å²) in [6, 6.07) is 0.739. The Bertz CT molecular complexity index is 333. The van der Waals surface area contributed by atoms with Gasteiger partial charge in [0.25, 0.3) is 0 Å². The highest BCUT2D eigenvalue weighted by Gasteiger charge is 2.33. The Balaban J connectivity index is 1.54. The molecule has 0 atom stereocenters. The smallest absolute Gasteiger partial charge is 0.147 e. The monoisotopic (exact) mass is 236 g/mol. The molecule has 5 heteroatoms. The number of rotatable bonds is 2. The molecule has 86 valence electrons. The van der Waals surface area contributed by atoms with Crippen LogP contribution in [0.2, 0.25) is 0 Å². The minimum Gasteiger partial charge on any atom is -0.352 e. The summed E-state index contributed by atoms with van der Waals surface area (Å²) in [5.74, 6) is 3.61. The van der Waals surface area contributed by atoms with E-state index in [9.17, 15) is 0 Å². The lowest BCUT2D eigenvalue weighted by Gasteiger charge is -2.47. The molecular formula is C11H16N4S. The Hall–Kier alpha value is -0.810. The van der Waals surface area contributed by atoms with Crippen LogP contribution in [0.3, 0.4) is 0 Å². The molecule has 0 saturated carbocycles. The van der Waals surface area contributed by atoms with Gasteiger partial charge in [-0.15, -0.1) is 0 Å². The van der Waals surface area contributed by atoms with Crippen LogP contribution in [0.1, 0.15) is 0 Å². The zero-order valence-corrected chi connectivity index (χ0v) is 10.1. The summed E-state index contributed by atoms with van der Waals surface area (Å²) in [7, 11) is 0. The van der Waals surface area contributed by atoms with E-state index in [4.69, 9.17) is 0 Å². The van der Waals surface area contributed by atoms with Crippen LogP contribution in [0.5, 0.6) is 0 Å². The van der Waals surface area contributed by atoms with Crippen molar-refractivity contribution in [3.8, 4) is 0 Å². The second kappa shape index (κ2) is 4.59. The summed E-state index contributed by atoms with van der Waals surface area (Å²) in [5, 5.41) is 0. The maximum Gasteiger partial charge on any atom is 0.147 e. The van der Waals surface area contributed by atoms with Gasteiger partial charge < -0.3 is 4.90 Å². The quantitative estimate of drug-likeness (QED) is 0.755. The highest BCUT2D eigenvalue weighted by atomic mass is 32.2. The fourth-order valence-corrected chi connectivity index (χ4v) is 3.20. The molecule has 0 aliphatic carbocycles. The fourth-order valence-electron chi connectivity index (χ4n) is 2.27. The third kappa shape index (κ3) is 2.01. The maximum atomic E-state index is 4.32. The molecule has 1 aromatic heterocycles. The van der Waals surface area contributed by atoms with Crippen molar-refractivity contribution in [3.63, 3.8) is 0 Å². The summed E-state index contributed by atoms with van der Waals surface area (Å²) in [5.41, 5.74) is 0. The van der Waals surface area contributed by atoms with Gasteiger partial charge in [-0.25, -0.2) is 4.98 Å². The third-order valence-corrected chi connectivity index (χ3v) is 4.24. The summed E-state index contributed by atoms with van der Waals surface area (Å²) < 4.78 is 0. The van der Waals surface area contributed by atoms with E-state index in [2.05, 4.69) is 31.5 Å². The van der Waals surface area contributed by atoms with Gasteiger partial charge in [0.05, 0.1) is 6.20 Å². The molecule has 2 aliphatic rings. The molecule has 0 amide bonds. The van der Waals surface area contributed by atoms with Crippen LogP contribution in [-0.2, 0) is 0 Å². The lowest BCUT2D eigenvalue weighted by atomic mass is 10.1. The molecule has 3 rings (SSSR count). The first-order chi connectivity index (χ1) is 7.93. The second-order valence-corrected chi connectivity index (χ2v) is 5.50. The number of nitrogens with zero attached hydrogens (tertiary/aromatic N) is 4. The molecule has 0 aromatic carbocycles. The van der Waals surface area contributed by atoms with Crippen LogP contribution in [-0.4, -0.2) is 58.6 Å². The molecule has 0 spiro atoms. The van der Waals surface area contributed by atoms with Gasteiger partial charge in [0.1, 0.15) is 5.82 Å². The number of anilines is 1. The largest absolute Gasteiger partial charge is 0.352 e. The molecule has 2 aliphatic heterocycles. The first-order valence-electron chi connectivity index (χ1n) is 5.76. The van der Waals surface area contributed by atoms with Gasteiger partial charge >= 0.3 is 0 Å². The summed E-state index contributed by atoms with van der Waals surface area (Å²) in [4.78, 5) is 13.3. The van der Waals surface area contributed by atoms with Gasteiger partial charge in [0.15, 0.2) is 0 Å². The van der Waals surface area contributed by atoms with Crippen molar-refractivity contribution in [2.24, 2.45) is 0 Å². The fraction of sp³-hybridized carbons (Fsp3) is 0.636. The minimum atomic E-state index is 0.739. The molecular weight excluding hydrogens is 220 g/mol. The van der Waals surface area contributed by atoms with Crippen molar-refractivity contribution in [3.05, 3.63) is 18.6 Å². The SMILES string of the molecule is c1cnc(N2CC(N3CCSCC3)C2)cn1. The zero-order valence-electron chi connectivity index (χ0n) is 9.25. The molecule has 0 radical (unpaired) electrons. The van der Waals surface area contributed by atoms with Crippen molar-refractivity contribution in [1.82, 2.24) is 14.9 Å². The Morgan fingerprint density at radius 1 is 1.19 bits per heavy atom. The Morgan fingerprint density at radius 2 is 2.00 bits per heavy atom. The second-order valence-electron chi connectivity index (χ2n) is 4.27. The van der Waals surface area contributed by atoms with Crippen molar-refractivity contribution in [1.29, 1.82) is 0 Å². The molecule has 2 fully saturated rings. The van der Waals surface area contributed by atoms with Gasteiger partial charge in [-0.05, 0) is 0 Å². The van der Waals surface area contributed by atoms with Crippen molar-refractivity contribution >= 4 is 17.6 Å². The van der Waals surface area contributed by atoms with Gasteiger partial charge in [-0.2, -0.15) is 11.8 Å². The highest BCUT2D eigenvalue weighted by molar-refractivity contribution is 7.99. The van der Waals surface area contributed by atoms with E-state index in [0.717, 1.165) is 24.9 Å². The third-order valence-electron chi connectivity index (χ3n) is 3.30. The standard InChI is InChI=1S/C11H16N4S/c1-2-13-11(7-12-1)15-8-10(9-15)14-3-5-16-6-4-14/h1-2,7,10H,3-6,8-9H2. The van der Waals surface area contributed by atoms with Crippen molar-refractivity contribution < 1.29 is 0 Å². The van der Waals surface area contributed by atoms with E-state index in [1.165, 1.54) is 24.6 Å². The van der Waals surface area contributed by atoms with Crippen LogP contribution in [0, 0.1) is 0 Å². The van der Waals surface area contributed by atoms with E-state index in [1.54, 1.807) is 12.4 Å². The molecule has 0 N–H and O–H groups in total. The molecule has 4 nitrogen and oxygen atoms in total. The van der Waals surface area contributed by atoms with Crippen LogP contribution < -0.4 is 4.90 Å². The van der Waals surface area contributed by atoms with Gasteiger partial charge in [0.2, 0.25) is 0 Å². The minimum absolute atomic E-state index is 0.739. The number of thioether (sulfide) groups is 1. The Kier molecular flexibility index (Phi) is 2.97. The molecule has 16 heavy (non-hydrogen) atoms. The van der Waals surface area contributed by atoms with E-state index in [-0.39, 0.29) is 0 Å². The lowest BCUT2D eigenvalue weighted by molar-refractivity contribution is 0.182. The number of aromatic nitrogens is 2. The van der Waals surface area contributed by atoms with Crippen LogP contribution >= 0.6 is 11.8 Å². The van der Waals surface area contributed by atoms with E-state index in [0.29, 0.717) is 0 Å². The van der Waals surface area contributed by atoms with Crippen molar-refractivity contribution in [2.75, 3.05) is 42.6 Å². The van der Waals surface area contributed by atoms with Crippen LogP contribution in [0.4, 0.5) is 5.82 Å². The van der Waals surface area contributed by atoms with Crippen molar-refractivity contribution in [2.45, 2.75) is 6.04 Å². The molecule has 0 bridgehead atoms. The predicted molar refractivity (Wildman–Crippen MR) is 66.9 cm³/mol.